The van der Waals surface area contributed by atoms with Crippen LogP contribution >= 0.6 is 34.0 Å². The Hall–Kier alpha value is -5.59. The van der Waals surface area contributed by atoms with Crippen LogP contribution in [0.5, 0.6) is 0 Å². The molecule has 3 aromatic heterocycles. The number of hydrogen-bond donors (Lipinski definition) is 3. The summed E-state index contributed by atoms with van der Waals surface area (Å²) in [5.74, 6) is -3.84. The van der Waals surface area contributed by atoms with Crippen molar-refractivity contribution in [2.45, 2.75) is 105 Å². The number of ether oxygens (including phenoxy) is 5. The van der Waals surface area contributed by atoms with Crippen LogP contribution in [0.15, 0.2) is 48.5 Å². The van der Waals surface area contributed by atoms with E-state index in [9.17, 15) is 33.6 Å². The maximum Gasteiger partial charge on any atom is 0.412 e. The number of esters is 4. The average molecular weight is 884 g/mol. The third-order valence-corrected chi connectivity index (χ3v) is 10.5. The highest BCUT2D eigenvalue weighted by Gasteiger charge is 2.29. The lowest BCUT2D eigenvalue weighted by Crippen LogP contribution is -2.25. The normalized spacial score (nSPS) is 11.6. The number of amides is 3. The quantitative estimate of drug-likeness (QED) is 0.0806. The monoisotopic (exact) mass is 883 g/mol. The Kier molecular flexibility index (Phi) is 15.4. The third-order valence-electron chi connectivity index (χ3n) is 7.36. The van der Waals surface area contributed by atoms with Crippen molar-refractivity contribution in [3.8, 4) is 0 Å². The first-order chi connectivity index (χ1) is 27.9. The first-order valence-electron chi connectivity index (χ1n) is 18.6. The van der Waals surface area contributed by atoms with Gasteiger partial charge in [-0.1, -0.05) is 30.3 Å². The molecule has 0 saturated heterocycles. The van der Waals surface area contributed by atoms with Crippen LogP contribution in [0, 0.1) is 0 Å². The molecule has 3 N–H and O–H groups in total. The number of nitrogens with one attached hydrogen (secondary N) is 3. The Morgan fingerprint density at radius 1 is 0.533 bits per heavy atom. The van der Waals surface area contributed by atoms with Gasteiger partial charge in [0.2, 0.25) is 11.8 Å². The molecule has 0 fully saturated rings. The summed E-state index contributed by atoms with van der Waals surface area (Å²) in [7, 11) is 1.24. The minimum atomic E-state index is -0.891. The van der Waals surface area contributed by atoms with Gasteiger partial charge in [-0.3, -0.25) is 19.7 Å². The van der Waals surface area contributed by atoms with E-state index in [1.807, 2.05) is 6.07 Å². The van der Waals surface area contributed by atoms with Crippen molar-refractivity contribution in [3.63, 3.8) is 0 Å². The van der Waals surface area contributed by atoms with Gasteiger partial charge in [0, 0.05) is 14.6 Å². The van der Waals surface area contributed by atoms with E-state index in [-0.39, 0.29) is 57.6 Å². The van der Waals surface area contributed by atoms with E-state index in [0.29, 0.717) is 14.6 Å². The van der Waals surface area contributed by atoms with E-state index in [1.54, 1.807) is 86.6 Å². The molecule has 3 heterocycles. The molecule has 0 aliphatic carbocycles. The van der Waals surface area contributed by atoms with Crippen molar-refractivity contribution >= 4 is 90.8 Å². The number of carbonyl (C=O) groups is 7. The van der Waals surface area contributed by atoms with E-state index in [2.05, 4.69) is 16.0 Å². The van der Waals surface area contributed by atoms with Crippen LogP contribution in [0.2, 0.25) is 0 Å². The van der Waals surface area contributed by atoms with Crippen molar-refractivity contribution in [2.24, 2.45) is 0 Å². The summed E-state index contributed by atoms with van der Waals surface area (Å²) < 4.78 is 26.8. The number of anilines is 3. The zero-order valence-electron chi connectivity index (χ0n) is 35.1. The Morgan fingerprint density at radius 3 is 1.27 bits per heavy atom. The van der Waals surface area contributed by atoms with Gasteiger partial charge in [0.1, 0.15) is 38.4 Å². The standard InChI is InChI=1S/C42H49N3O12S3/c1-40(2,3)55-36(49)27-16-24(19-30(46)44-34-28(37(50)56-41(4,5)6)18-26(60-34)21-32(48)53-10)58-33(27)43-31(47)20-25-17-29(38(51)57-42(7,8)9)35(59-25)45-39(52)54-22-23-14-12-11-13-15-23/h11-18H,19-22H2,1-10H3,(H,43,47)(H,44,46)(H,45,52). The summed E-state index contributed by atoms with van der Waals surface area (Å²) in [4.78, 5) is 92.7. The fourth-order valence-electron chi connectivity index (χ4n) is 5.04. The van der Waals surface area contributed by atoms with Crippen LogP contribution in [0.4, 0.5) is 19.8 Å². The number of thiophene rings is 3. The fourth-order valence-corrected chi connectivity index (χ4v) is 8.18. The van der Waals surface area contributed by atoms with Gasteiger partial charge in [-0.15, -0.1) is 34.0 Å². The topological polar surface area (TPSA) is 202 Å². The van der Waals surface area contributed by atoms with Gasteiger partial charge in [0.05, 0.1) is 43.1 Å². The second-order valence-corrected chi connectivity index (χ2v) is 19.7. The SMILES string of the molecule is COC(=O)Cc1cc(C(=O)OC(C)(C)C)c(NC(=O)Cc2cc(C(=O)OC(C)(C)C)c(NC(=O)Cc3cc(C(=O)OC(C)(C)C)c(NC(=O)OCc4ccccc4)s3)s2)s1. The lowest BCUT2D eigenvalue weighted by atomic mass is 10.2. The van der Waals surface area contributed by atoms with Crippen LogP contribution < -0.4 is 16.0 Å². The third kappa shape index (κ3) is 14.9. The molecule has 0 aliphatic heterocycles. The summed E-state index contributed by atoms with van der Waals surface area (Å²) in [5.41, 5.74) is -1.75. The zero-order valence-corrected chi connectivity index (χ0v) is 37.5. The summed E-state index contributed by atoms with van der Waals surface area (Å²) in [6.07, 6.45) is -1.50. The second-order valence-electron chi connectivity index (χ2n) is 16.3. The van der Waals surface area contributed by atoms with Gasteiger partial charge in [-0.25, -0.2) is 19.2 Å². The van der Waals surface area contributed by atoms with Crippen molar-refractivity contribution in [1.29, 1.82) is 0 Å². The molecule has 0 aliphatic rings. The molecule has 15 nitrogen and oxygen atoms in total. The number of benzene rings is 1. The smallest absolute Gasteiger partial charge is 0.412 e. The Bertz CT molecular complexity index is 2240. The van der Waals surface area contributed by atoms with Gasteiger partial charge in [-0.2, -0.15) is 0 Å². The van der Waals surface area contributed by atoms with Crippen LogP contribution in [0.25, 0.3) is 0 Å². The molecule has 0 bridgehead atoms. The number of hydrogen-bond acceptors (Lipinski definition) is 15. The minimum absolute atomic E-state index is 0.00106. The predicted octanol–water partition coefficient (Wildman–Crippen LogP) is 8.56. The highest BCUT2D eigenvalue weighted by molar-refractivity contribution is 7.17. The van der Waals surface area contributed by atoms with Crippen LogP contribution in [0.3, 0.4) is 0 Å². The van der Waals surface area contributed by atoms with Crippen LogP contribution in [-0.2, 0) is 63.9 Å². The van der Waals surface area contributed by atoms with Gasteiger partial charge >= 0.3 is 30.0 Å². The molecule has 4 rings (SSSR count). The van der Waals surface area contributed by atoms with E-state index >= 15 is 0 Å². The van der Waals surface area contributed by atoms with Gasteiger partial charge in [0.25, 0.3) is 0 Å². The van der Waals surface area contributed by atoms with E-state index in [0.717, 1.165) is 39.6 Å². The maximum absolute atomic E-state index is 13.6. The maximum atomic E-state index is 13.6. The highest BCUT2D eigenvalue weighted by Crippen LogP contribution is 2.35. The second kappa shape index (κ2) is 19.6. The summed E-state index contributed by atoms with van der Waals surface area (Å²) in [5, 5.41) is 8.43. The molecule has 60 heavy (non-hydrogen) atoms. The number of carbonyl (C=O) groups excluding carboxylic acids is 7. The molecule has 18 heteroatoms. The minimum Gasteiger partial charge on any atom is -0.469 e. The Morgan fingerprint density at radius 2 is 0.900 bits per heavy atom. The lowest BCUT2D eigenvalue weighted by molar-refractivity contribution is -0.139. The van der Waals surface area contributed by atoms with E-state index in [1.165, 1.54) is 25.3 Å². The van der Waals surface area contributed by atoms with Crippen LogP contribution in [0.1, 0.15) is 114 Å². The molecule has 4 aromatic rings. The Balaban J connectivity index is 1.56. The van der Waals surface area contributed by atoms with E-state index in [4.69, 9.17) is 23.7 Å². The first-order valence-corrected chi connectivity index (χ1v) is 21.1. The molecular formula is C42H49N3O12S3. The number of methoxy groups -OCH3 is 1. The molecule has 0 atom stereocenters. The molecule has 322 valence electrons. The highest BCUT2D eigenvalue weighted by atomic mass is 32.1. The summed E-state index contributed by atoms with van der Waals surface area (Å²) in [6, 6.07) is 13.4. The lowest BCUT2D eigenvalue weighted by Gasteiger charge is -2.19. The predicted molar refractivity (Wildman–Crippen MR) is 229 cm³/mol. The molecule has 0 radical (unpaired) electrons. The van der Waals surface area contributed by atoms with Gasteiger partial charge in [0.15, 0.2) is 0 Å². The van der Waals surface area contributed by atoms with Crippen molar-refractivity contribution in [1.82, 2.24) is 0 Å². The summed E-state index contributed by atoms with van der Waals surface area (Å²) in [6.45, 7) is 15.2. The van der Waals surface area contributed by atoms with Gasteiger partial charge in [-0.05, 0) is 86.1 Å². The first kappa shape index (κ1) is 47.1. The average Bonchev–Trinajstić information content (AvgIpc) is 3.82. The van der Waals surface area contributed by atoms with Crippen molar-refractivity contribution < 1.29 is 57.2 Å². The molecule has 0 unspecified atom stereocenters. The van der Waals surface area contributed by atoms with Crippen molar-refractivity contribution in [2.75, 3.05) is 23.1 Å². The van der Waals surface area contributed by atoms with Crippen molar-refractivity contribution in [3.05, 3.63) is 85.4 Å². The zero-order chi connectivity index (χ0) is 44.6. The largest absolute Gasteiger partial charge is 0.469 e. The molecule has 0 spiro atoms. The molecule has 1 aromatic carbocycles. The fraction of sp³-hybridized carbons (Fsp3) is 0.405. The Labute approximate surface area is 360 Å². The molecule has 3 amide bonds. The van der Waals surface area contributed by atoms with E-state index < -0.39 is 58.6 Å². The summed E-state index contributed by atoms with van der Waals surface area (Å²) >= 11 is 2.96. The molecule has 0 saturated carbocycles. The number of rotatable bonds is 14. The van der Waals surface area contributed by atoms with Gasteiger partial charge < -0.3 is 34.3 Å². The van der Waals surface area contributed by atoms with Crippen LogP contribution in [-0.4, -0.2) is 65.7 Å². The molecular weight excluding hydrogens is 835 g/mol.